The second-order valence-corrected chi connectivity index (χ2v) is 10.0. The van der Waals surface area contributed by atoms with Gasteiger partial charge in [-0.3, -0.25) is 0 Å². The van der Waals surface area contributed by atoms with E-state index in [1.807, 2.05) is 10.7 Å². The Labute approximate surface area is 173 Å². The lowest BCUT2D eigenvalue weighted by atomic mass is 9.47. The van der Waals surface area contributed by atoms with E-state index in [-0.39, 0.29) is 5.82 Å². The van der Waals surface area contributed by atoms with Crippen LogP contribution in [0, 0.1) is 29.0 Å². The number of aromatic nitrogens is 2. The highest BCUT2D eigenvalue weighted by Crippen LogP contribution is 2.60. The Hall–Kier alpha value is -2.10. The molecule has 1 aromatic carbocycles. The molecule has 0 spiro atoms. The highest BCUT2D eigenvalue weighted by Gasteiger charge is 2.52. The summed E-state index contributed by atoms with van der Waals surface area (Å²) in [5, 5.41) is 8.52. The number of hydrogen-bond acceptors (Lipinski definition) is 2. The van der Waals surface area contributed by atoms with Crippen molar-refractivity contribution in [2.45, 2.75) is 58.8 Å². The van der Waals surface area contributed by atoms with E-state index in [1.165, 1.54) is 43.0 Å². The molecule has 3 fully saturated rings. The number of fused-ring (bicyclic) bond motifs is 3. The van der Waals surface area contributed by atoms with Gasteiger partial charge in [-0.15, -0.1) is 0 Å². The summed E-state index contributed by atoms with van der Waals surface area (Å²) in [7, 11) is 0. The van der Waals surface area contributed by atoms with Gasteiger partial charge in [0.2, 0.25) is 0 Å². The van der Waals surface area contributed by atoms with Crippen LogP contribution in [0.3, 0.4) is 0 Å². The van der Waals surface area contributed by atoms with Crippen molar-refractivity contribution in [3.05, 3.63) is 53.6 Å². The Balaban J connectivity index is 1.34. The lowest BCUT2D eigenvalue weighted by Gasteiger charge is -2.59. The van der Waals surface area contributed by atoms with Crippen molar-refractivity contribution in [1.29, 1.82) is 0 Å². The quantitative estimate of drug-likeness (QED) is 0.724. The molecule has 154 valence electrons. The molecule has 1 heterocycles. The van der Waals surface area contributed by atoms with Crippen LogP contribution in [0.1, 0.15) is 62.9 Å². The maximum Gasteiger partial charge on any atom is 0.125 e. The maximum absolute atomic E-state index is 13.8. The van der Waals surface area contributed by atoms with Crippen LogP contribution in [-0.2, 0) is 12.8 Å². The van der Waals surface area contributed by atoms with Gasteiger partial charge in [-0.05, 0) is 86.3 Å². The third-order valence-electron chi connectivity index (χ3n) is 8.03. The second kappa shape index (κ2) is 7.00. The summed E-state index contributed by atoms with van der Waals surface area (Å²) in [6.07, 6.45) is 8.46. The van der Waals surface area contributed by atoms with E-state index in [0.717, 1.165) is 60.6 Å². The minimum Gasteiger partial charge on any atom is -0.383 e. The molecule has 3 saturated carbocycles. The molecule has 2 aromatic rings. The zero-order valence-corrected chi connectivity index (χ0v) is 17.7. The van der Waals surface area contributed by atoms with Gasteiger partial charge in [0.05, 0.1) is 11.4 Å². The number of hydrogen-bond donors (Lipinski definition) is 1. The minimum atomic E-state index is -0.222. The predicted molar refractivity (Wildman–Crippen MR) is 115 cm³/mol. The fourth-order valence-electron chi connectivity index (χ4n) is 6.01. The predicted octanol–water partition coefficient (Wildman–Crippen LogP) is 5.52. The number of benzene rings is 1. The molecular weight excluding hydrogens is 361 g/mol. The van der Waals surface area contributed by atoms with Crippen molar-refractivity contribution in [2.24, 2.45) is 23.2 Å². The summed E-state index contributed by atoms with van der Waals surface area (Å²) in [6.45, 7) is 10.2. The molecule has 6 rings (SSSR count). The van der Waals surface area contributed by atoms with Gasteiger partial charge in [0, 0.05) is 17.8 Å². The fraction of sp³-hybridized carbons (Fsp3) is 0.560. The average molecular weight is 394 g/mol. The first-order chi connectivity index (χ1) is 13.9. The van der Waals surface area contributed by atoms with Crippen LogP contribution in [0.15, 0.2) is 30.8 Å². The Kier molecular flexibility index (Phi) is 4.56. The van der Waals surface area contributed by atoms with E-state index in [2.05, 4.69) is 25.7 Å². The Morgan fingerprint density at radius 1 is 1.21 bits per heavy atom. The van der Waals surface area contributed by atoms with Gasteiger partial charge in [0.15, 0.2) is 0 Å². The first kappa shape index (κ1) is 18.9. The Morgan fingerprint density at radius 3 is 2.69 bits per heavy atom. The fourth-order valence-corrected chi connectivity index (χ4v) is 6.01. The molecule has 1 N–H and O–H groups in total. The molecule has 29 heavy (non-hydrogen) atoms. The second-order valence-electron chi connectivity index (χ2n) is 10.0. The lowest BCUT2D eigenvalue weighted by Crippen LogP contribution is -2.51. The minimum absolute atomic E-state index is 0.222. The zero-order valence-electron chi connectivity index (χ0n) is 17.7. The molecule has 0 amide bonds. The van der Waals surface area contributed by atoms with Gasteiger partial charge in [-0.1, -0.05) is 26.5 Å². The summed E-state index contributed by atoms with van der Waals surface area (Å²) in [5.41, 5.74) is 5.78. The third kappa shape index (κ3) is 3.21. The van der Waals surface area contributed by atoms with E-state index >= 15 is 0 Å². The first-order valence-electron chi connectivity index (χ1n) is 11.2. The van der Waals surface area contributed by atoms with Crippen LogP contribution in [-0.4, -0.2) is 16.3 Å². The molecule has 2 unspecified atom stereocenters. The zero-order chi connectivity index (χ0) is 20.2. The molecule has 1 aromatic heterocycles. The number of nitrogens with one attached hydrogen (secondary N) is 1. The molecule has 4 aliphatic carbocycles. The number of rotatable bonds is 5. The molecule has 0 aliphatic heterocycles. The standard InChI is InChI=1S/C25H32FN3/c1-16(27-15-17-11-18-13-19(12-17)25(18,2)3)24-22-9-4-5-10-23(22)29(28-24)21-8-6-7-20(26)14-21/h6-8,14,17-19,27H,1,4-5,9-13,15H2,2-3H3. The van der Waals surface area contributed by atoms with Crippen LogP contribution in [0.2, 0.25) is 0 Å². The third-order valence-corrected chi connectivity index (χ3v) is 8.03. The van der Waals surface area contributed by atoms with Crippen molar-refractivity contribution >= 4 is 5.70 Å². The van der Waals surface area contributed by atoms with E-state index in [0.29, 0.717) is 5.41 Å². The van der Waals surface area contributed by atoms with Gasteiger partial charge >= 0.3 is 0 Å². The Morgan fingerprint density at radius 2 is 1.97 bits per heavy atom. The van der Waals surface area contributed by atoms with Crippen LogP contribution in [0.5, 0.6) is 0 Å². The van der Waals surface area contributed by atoms with E-state index < -0.39 is 0 Å². The first-order valence-corrected chi connectivity index (χ1v) is 11.2. The van der Waals surface area contributed by atoms with Crippen molar-refractivity contribution < 1.29 is 4.39 Å². The van der Waals surface area contributed by atoms with E-state index in [4.69, 9.17) is 5.10 Å². The largest absolute Gasteiger partial charge is 0.383 e. The van der Waals surface area contributed by atoms with Crippen LogP contribution >= 0.6 is 0 Å². The van der Waals surface area contributed by atoms with Crippen LogP contribution in [0.4, 0.5) is 4.39 Å². The van der Waals surface area contributed by atoms with Gasteiger partial charge in [0.1, 0.15) is 11.5 Å². The molecule has 2 atom stereocenters. The lowest BCUT2D eigenvalue weighted by molar-refractivity contribution is -0.0885. The number of nitrogens with zero attached hydrogens (tertiary/aromatic N) is 2. The summed E-state index contributed by atoms with van der Waals surface area (Å²) >= 11 is 0. The smallest absolute Gasteiger partial charge is 0.125 e. The molecule has 4 heteroatoms. The SMILES string of the molecule is C=C(NCC1CC2CC(C1)C2(C)C)c1nn(-c2cccc(F)c2)c2c1CCCC2. The molecular formula is C25H32FN3. The van der Waals surface area contributed by atoms with Crippen molar-refractivity contribution in [2.75, 3.05) is 6.54 Å². The maximum atomic E-state index is 13.8. The molecule has 0 saturated heterocycles. The summed E-state index contributed by atoms with van der Waals surface area (Å²) in [5.74, 6) is 2.30. The van der Waals surface area contributed by atoms with Gasteiger partial charge < -0.3 is 5.32 Å². The van der Waals surface area contributed by atoms with Gasteiger partial charge in [0.25, 0.3) is 0 Å². The van der Waals surface area contributed by atoms with E-state index in [9.17, 15) is 4.39 Å². The van der Waals surface area contributed by atoms with Gasteiger partial charge in [-0.25, -0.2) is 9.07 Å². The number of halogens is 1. The van der Waals surface area contributed by atoms with Crippen molar-refractivity contribution in [3.63, 3.8) is 0 Å². The summed E-state index contributed by atoms with van der Waals surface area (Å²) in [4.78, 5) is 0. The van der Waals surface area contributed by atoms with Crippen molar-refractivity contribution in [3.8, 4) is 5.69 Å². The molecule has 4 aliphatic rings. The summed E-state index contributed by atoms with van der Waals surface area (Å²) < 4.78 is 15.7. The summed E-state index contributed by atoms with van der Waals surface area (Å²) in [6, 6.07) is 6.74. The normalized spacial score (nSPS) is 27.1. The topological polar surface area (TPSA) is 29.9 Å². The monoisotopic (exact) mass is 393 g/mol. The average Bonchev–Trinajstić information content (AvgIpc) is 3.12. The highest BCUT2D eigenvalue weighted by atomic mass is 19.1. The molecule has 0 radical (unpaired) electrons. The molecule has 3 nitrogen and oxygen atoms in total. The van der Waals surface area contributed by atoms with E-state index in [1.54, 1.807) is 12.1 Å². The highest BCUT2D eigenvalue weighted by molar-refractivity contribution is 5.63. The van der Waals surface area contributed by atoms with Crippen molar-refractivity contribution in [1.82, 2.24) is 15.1 Å². The van der Waals surface area contributed by atoms with Crippen LogP contribution in [0.25, 0.3) is 11.4 Å². The van der Waals surface area contributed by atoms with Crippen LogP contribution < -0.4 is 5.32 Å². The Bertz CT molecular complexity index is 928. The van der Waals surface area contributed by atoms with Gasteiger partial charge in [-0.2, -0.15) is 5.10 Å². The molecule has 2 bridgehead atoms.